The summed E-state index contributed by atoms with van der Waals surface area (Å²) in [4.78, 5) is 69.1. The van der Waals surface area contributed by atoms with E-state index in [2.05, 4.69) is 0 Å². The van der Waals surface area contributed by atoms with E-state index in [4.69, 9.17) is 14.2 Å². The van der Waals surface area contributed by atoms with Gasteiger partial charge in [-0.05, 0) is 75.4 Å². The van der Waals surface area contributed by atoms with Crippen LogP contribution in [0.2, 0.25) is 0 Å². The van der Waals surface area contributed by atoms with Gasteiger partial charge in [0.1, 0.15) is 17.4 Å². The summed E-state index contributed by atoms with van der Waals surface area (Å²) in [6.07, 6.45) is 0.496. The SMILES string of the molecule is COC(=O)C1(c2ccc3c(c2)n(C)c(=O)n3C2CCC(=O)N(Cc3ccc(OC)cc3)C2=O)CCN(C(=O)OC(C)(C)C)CC1. The highest BCUT2D eigenvalue weighted by atomic mass is 16.6. The molecule has 1 atom stereocenters. The number of rotatable bonds is 6. The van der Waals surface area contributed by atoms with E-state index in [0.717, 1.165) is 5.56 Å². The molecule has 3 aromatic rings. The number of imidazole rings is 1. The van der Waals surface area contributed by atoms with Crippen molar-refractivity contribution >= 4 is 34.9 Å². The van der Waals surface area contributed by atoms with Crippen molar-refractivity contribution in [3.8, 4) is 5.75 Å². The quantitative estimate of drug-likeness (QED) is 0.302. The van der Waals surface area contributed by atoms with Gasteiger partial charge in [0.25, 0.3) is 5.91 Å². The third-order valence-corrected chi connectivity index (χ3v) is 8.78. The summed E-state index contributed by atoms with van der Waals surface area (Å²) in [5.41, 5.74) is 0.407. The van der Waals surface area contributed by atoms with E-state index >= 15 is 0 Å². The number of fused-ring (bicyclic) bond motifs is 1. The van der Waals surface area contributed by atoms with Crippen LogP contribution in [0.4, 0.5) is 4.79 Å². The van der Waals surface area contributed by atoms with Gasteiger partial charge in [0.05, 0.1) is 37.2 Å². The van der Waals surface area contributed by atoms with Gasteiger partial charge in [-0.3, -0.25) is 28.4 Å². The number of aromatic nitrogens is 2. The van der Waals surface area contributed by atoms with Crippen molar-refractivity contribution in [3.63, 3.8) is 0 Å². The average Bonchev–Trinajstić information content (AvgIpc) is 3.27. The number of methoxy groups -OCH3 is 2. The molecule has 1 aromatic heterocycles. The van der Waals surface area contributed by atoms with E-state index < -0.39 is 40.7 Å². The highest BCUT2D eigenvalue weighted by Crippen LogP contribution is 2.39. The Balaban J connectivity index is 1.45. The normalized spacial score (nSPS) is 18.7. The maximum Gasteiger partial charge on any atom is 0.410 e. The lowest BCUT2D eigenvalue weighted by Gasteiger charge is -2.40. The van der Waals surface area contributed by atoms with Gasteiger partial charge in [0, 0.05) is 26.6 Å². The standard InChI is InChI=1S/C33H40N4O8/c1-32(2,3)45-31(42)35-17-15-33(16-18-35,29(40)44-6)22-9-12-24-26(19-22)34(4)30(41)37(24)25-13-14-27(38)36(28(25)39)20-21-7-10-23(43-5)11-8-21/h7-12,19,25H,13-18,20H2,1-6H3. The number of ether oxygens (including phenoxy) is 3. The highest BCUT2D eigenvalue weighted by Gasteiger charge is 2.46. The van der Waals surface area contributed by atoms with E-state index in [1.165, 1.54) is 21.1 Å². The van der Waals surface area contributed by atoms with Crippen LogP contribution >= 0.6 is 0 Å². The lowest BCUT2D eigenvalue weighted by Crippen LogP contribution is -2.50. The third-order valence-electron chi connectivity index (χ3n) is 8.78. The van der Waals surface area contributed by atoms with Gasteiger partial charge in [-0.1, -0.05) is 18.2 Å². The summed E-state index contributed by atoms with van der Waals surface area (Å²) < 4.78 is 18.9. The smallest absolute Gasteiger partial charge is 0.410 e. The summed E-state index contributed by atoms with van der Waals surface area (Å²) in [5, 5.41) is 0. The van der Waals surface area contributed by atoms with Crippen LogP contribution in [-0.2, 0) is 42.9 Å². The van der Waals surface area contributed by atoms with Crippen LogP contribution in [0.25, 0.3) is 11.0 Å². The summed E-state index contributed by atoms with van der Waals surface area (Å²) in [7, 11) is 4.52. The number of nitrogens with zero attached hydrogens (tertiary/aromatic N) is 4. The zero-order valence-electron chi connectivity index (χ0n) is 26.6. The van der Waals surface area contributed by atoms with Crippen molar-refractivity contribution in [1.82, 2.24) is 18.9 Å². The summed E-state index contributed by atoms with van der Waals surface area (Å²) >= 11 is 0. The molecular weight excluding hydrogens is 580 g/mol. The monoisotopic (exact) mass is 620 g/mol. The molecular formula is C33H40N4O8. The van der Waals surface area contributed by atoms with Crippen LogP contribution in [0.15, 0.2) is 47.3 Å². The number of likely N-dealkylation sites (tertiary alicyclic amines) is 2. The second-order valence-electron chi connectivity index (χ2n) is 12.7. The molecule has 2 aliphatic heterocycles. The zero-order chi connectivity index (χ0) is 32.7. The molecule has 2 saturated heterocycles. The fourth-order valence-corrected chi connectivity index (χ4v) is 6.31. The van der Waals surface area contributed by atoms with Crippen LogP contribution in [-0.4, -0.2) is 75.7 Å². The fraction of sp³-hybridized carbons (Fsp3) is 0.485. The summed E-state index contributed by atoms with van der Waals surface area (Å²) in [6.45, 7) is 6.07. The van der Waals surface area contributed by atoms with Gasteiger partial charge in [-0.15, -0.1) is 0 Å². The number of esters is 1. The number of imide groups is 1. The summed E-state index contributed by atoms with van der Waals surface area (Å²) in [6, 6.07) is 11.6. The molecule has 1 unspecified atom stereocenters. The topological polar surface area (TPSA) is 129 Å². The minimum Gasteiger partial charge on any atom is -0.497 e. The molecule has 45 heavy (non-hydrogen) atoms. The number of hydrogen-bond acceptors (Lipinski definition) is 8. The maximum atomic E-state index is 13.7. The van der Waals surface area contributed by atoms with Gasteiger partial charge in [-0.2, -0.15) is 0 Å². The van der Waals surface area contributed by atoms with E-state index in [1.54, 1.807) is 82.3 Å². The van der Waals surface area contributed by atoms with Gasteiger partial charge in [0.15, 0.2) is 0 Å². The Morgan fingerprint density at radius 2 is 1.62 bits per heavy atom. The largest absolute Gasteiger partial charge is 0.497 e. The highest BCUT2D eigenvalue weighted by molar-refractivity contribution is 6.00. The predicted molar refractivity (Wildman–Crippen MR) is 165 cm³/mol. The van der Waals surface area contributed by atoms with Gasteiger partial charge < -0.3 is 19.1 Å². The number of benzene rings is 2. The molecule has 2 aliphatic rings. The third kappa shape index (κ3) is 5.93. The van der Waals surface area contributed by atoms with Crippen molar-refractivity contribution in [2.24, 2.45) is 7.05 Å². The average molecular weight is 621 g/mol. The van der Waals surface area contributed by atoms with Gasteiger partial charge >= 0.3 is 17.8 Å². The Labute approximate surface area is 261 Å². The number of hydrogen-bond donors (Lipinski definition) is 0. The van der Waals surface area contributed by atoms with E-state index in [9.17, 15) is 24.0 Å². The molecule has 12 nitrogen and oxygen atoms in total. The Kier molecular flexibility index (Phi) is 8.52. The fourth-order valence-electron chi connectivity index (χ4n) is 6.31. The molecule has 2 aromatic carbocycles. The molecule has 0 radical (unpaired) electrons. The van der Waals surface area contributed by atoms with Gasteiger partial charge in [-0.25, -0.2) is 9.59 Å². The first-order chi connectivity index (χ1) is 21.3. The maximum absolute atomic E-state index is 13.7. The number of amides is 3. The molecule has 0 aliphatic carbocycles. The molecule has 0 spiro atoms. The Bertz CT molecular complexity index is 1690. The zero-order valence-corrected chi connectivity index (χ0v) is 26.6. The lowest BCUT2D eigenvalue weighted by molar-refractivity contribution is -0.152. The number of carbonyl (C=O) groups is 4. The van der Waals surface area contributed by atoms with Crippen molar-refractivity contribution in [1.29, 1.82) is 0 Å². The van der Waals surface area contributed by atoms with Crippen molar-refractivity contribution in [2.75, 3.05) is 27.3 Å². The lowest BCUT2D eigenvalue weighted by atomic mass is 9.72. The number of carbonyl (C=O) groups excluding carboxylic acids is 4. The second kappa shape index (κ2) is 12.1. The molecule has 0 saturated carbocycles. The first kappa shape index (κ1) is 31.8. The first-order valence-corrected chi connectivity index (χ1v) is 15.0. The minimum absolute atomic E-state index is 0.0871. The van der Waals surface area contributed by atoms with Crippen molar-refractivity contribution in [2.45, 2.75) is 70.1 Å². The van der Waals surface area contributed by atoms with E-state index in [0.29, 0.717) is 35.2 Å². The van der Waals surface area contributed by atoms with Crippen LogP contribution in [0.1, 0.15) is 63.6 Å². The molecule has 0 N–H and O–H groups in total. The van der Waals surface area contributed by atoms with E-state index in [-0.39, 0.29) is 38.4 Å². The number of aryl methyl sites for hydroxylation is 1. The van der Waals surface area contributed by atoms with Crippen LogP contribution in [0.3, 0.4) is 0 Å². The van der Waals surface area contributed by atoms with Crippen LogP contribution in [0, 0.1) is 0 Å². The second-order valence-corrected chi connectivity index (χ2v) is 12.7. The Morgan fingerprint density at radius 1 is 0.956 bits per heavy atom. The van der Waals surface area contributed by atoms with Crippen molar-refractivity contribution in [3.05, 3.63) is 64.1 Å². The van der Waals surface area contributed by atoms with Crippen molar-refractivity contribution < 1.29 is 33.4 Å². The Hall–Kier alpha value is -4.61. The van der Waals surface area contributed by atoms with Crippen LogP contribution < -0.4 is 10.4 Å². The van der Waals surface area contributed by atoms with E-state index in [1.807, 2.05) is 0 Å². The minimum atomic E-state index is -1.04. The molecule has 12 heteroatoms. The predicted octanol–water partition coefficient (Wildman–Crippen LogP) is 3.68. The first-order valence-electron chi connectivity index (χ1n) is 15.0. The van der Waals surface area contributed by atoms with Gasteiger partial charge in [0.2, 0.25) is 5.91 Å². The molecule has 0 bridgehead atoms. The van der Waals surface area contributed by atoms with Crippen LogP contribution in [0.5, 0.6) is 5.75 Å². The molecule has 3 amide bonds. The Morgan fingerprint density at radius 3 is 2.22 bits per heavy atom. The number of piperidine rings is 2. The molecule has 3 heterocycles. The molecule has 240 valence electrons. The molecule has 2 fully saturated rings. The summed E-state index contributed by atoms with van der Waals surface area (Å²) in [5.74, 6) is -0.496. The molecule has 5 rings (SSSR count).